The summed E-state index contributed by atoms with van der Waals surface area (Å²) in [5.41, 5.74) is 0. The van der Waals surface area contributed by atoms with Crippen LogP contribution in [0, 0.1) is 5.92 Å². The molecule has 2 N–H and O–H groups in total. The van der Waals surface area contributed by atoms with Crippen molar-refractivity contribution >= 4 is 33.3 Å². The molecule has 5 heteroatoms. The molecule has 0 aromatic carbocycles. The van der Waals surface area contributed by atoms with E-state index in [9.17, 15) is 0 Å². The molecule has 0 bridgehead atoms. The van der Waals surface area contributed by atoms with Crippen molar-refractivity contribution in [1.82, 2.24) is 4.98 Å². The van der Waals surface area contributed by atoms with Gasteiger partial charge in [0.25, 0.3) is 0 Å². The zero-order valence-corrected chi connectivity index (χ0v) is 11.6. The van der Waals surface area contributed by atoms with Crippen LogP contribution in [0.4, 0.5) is 5.82 Å². The van der Waals surface area contributed by atoms with Crippen molar-refractivity contribution < 1.29 is 5.11 Å². The van der Waals surface area contributed by atoms with Gasteiger partial charge in [-0.05, 0) is 40.8 Å². The van der Waals surface area contributed by atoms with E-state index in [4.69, 9.17) is 16.7 Å². The maximum absolute atomic E-state index is 8.87. The Labute approximate surface area is 109 Å². The number of hydrogen-bond acceptors (Lipinski definition) is 3. The number of anilines is 1. The Kier molecular flexibility index (Phi) is 6.09. The number of pyridine rings is 1. The van der Waals surface area contributed by atoms with Gasteiger partial charge in [0, 0.05) is 23.8 Å². The van der Waals surface area contributed by atoms with Gasteiger partial charge >= 0.3 is 0 Å². The van der Waals surface area contributed by atoms with Gasteiger partial charge in [-0.3, -0.25) is 0 Å². The van der Waals surface area contributed by atoms with Gasteiger partial charge in [0.2, 0.25) is 0 Å². The highest BCUT2D eigenvalue weighted by molar-refractivity contribution is 9.10. The molecular formula is C11H16BrClN2O. The van der Waals surface area contributed by atoms with E-state index in [-0.39, 0.29) is 6.61 Å². The van der Waals surface area contributed by atoms with Gasteiger partial charge in [-0.1, -0.05) is 18.5 Å². The highest BCUT2D eigenvalue weighted by atomic mass is 79.9. The van der Waals surface area contributed by atoms with Crippen molar-refractivity contribution in [3.8, 4) is 0 Å². The summed E-state index contributed by atoms with van der Waals surface area (Å²) in [6, 6.07) is 1.81. The molecule has 1 heterocycles. The summed E-state index contributed by atoms with van der Waals surface area (Å²) in [5, 5.41) is 12.7. The Balaban J connectivity index is 2.32. The van der Waals surface area contributed by atoms with Crippen molar-refractivity contribution in [3.05, 3.63) is 21.8 Å². The van der Waals surface area contributed by atoms with Crippen LogP contribution in [0.15, 0.2) is 16.7 Å². The molecule has 0 aliphatic heterocycles. The summed E-state index contributed by atoms with van der Waals surface area (Å²) in [6.45, 7) is 3.10. The smallest absolute Gasteiger partial charge is 0.144 e. The number of nitrogens with zero attached hydrogens (tertiary/aromatic N) is 1. The normalized spacial score (nSPS) is 12.5. The topological polar surface area (TPSA) is 45.1 Å². The lowest BCUT2D eigenvalue weighted by Gasteiger charge is -2.09. The van der Waals surface area contributed by atoms with Crippen molar-refractivity contribution in [2.45, 2.75) is 19.8 Å². The van der Waals surface area contributed by atoms with E-state index in [0.29, 0.717) is 16.8 Å². The molecule has 1 aromatic rings. The van der Waals surface area contributed by atoms with Crippen LogP contribution >= 0.6 is 27.5 Å². The lowest BCUT2D eigenvalue weighted by molar-refractivity contribution is 0.229. The first-order valence-electron chi connectivity index (χ1n) is 5.29. The number of rotatable bonds is 6. The highest BCUT2D eigenvalue weighted by Crippen LogP contribution is 2.22. The van der Waals surface area contributed by atoms with E-state index in [1.165, 1.54) is 0 Å². The zero-order chi connectivity index (χ0) is 12.0. The molecule has 0 amide bonds. The van der Waals surface area contributed by atoms with Crippen LogP contribution in [0.25, 0.3) is 0 Å². The van der Waals surface area contributed by atoms with E-state index in [2.05, 4.69) is 26.2 Å². The molecular weight excluding hydrogens is 291 g/mol. The van der Waals surface area contributed by atoms with Crippen LogP contribution in [0.5, 0.6) is 0 Å². The molecule has 1 aromatic heterocycles. The van der Waals surface area contributed by atoms with E-state index in [1.807, 2.05) is 13.0 Å². The molecule has 0 radical (unpaired) electrons. The third kappa shape index (κ3) is 4.68. The summed E-state index contributed by atoms with van der Waals surface area (Å²) >= 11 is 9.31. The molecule has 0 aliphatic carbocycles. The first-order valence-corrected chi connectivity index (χ1v) is 6.46. The van der Waals surface area contributed by atoms with Gasteiger partial charge in [-0.2, -0.15) is 0 Å². The largest absolute Gasteiger partial charge is 0.396 e. The standard InChI is InChI=1S/C11H16BrClN2O/c1-8(7-16)3-2-4-14-11-10(13)5-9(12)6-15-11/h5-6,8,16H,2-4,7H2,1H3,(H,14,15). The summed E-state index contributed by atoms with van der Waals surface area (Å²) in [5.74, 6) is 1.07. The van der Waals surface area contributed by atoms with Crippen LogP contribution < -0.4 is 5.32 Å². The van der Waals surface area contributed by atoms with E-state index in [0.717, 1.165) is 23.9 Å². The number of aliphatic hydroxyl groups is 1. The van der Waals surface area contributed by atoms with Gasteiger partial charge in [0.15, 0.2) is 0 Å². The predicted molar refractivity (Wildman–Crippen MR) is 70.9 cm³/mol. The number of aliphatic hydroxyl groups excluding tert-OH is 1. The second-order valence-corrected chi connectivity index (χ2v) is 5.16. The minimum absolute atomic E-state index is 0.247. The average Bonchev–Trinajstić information content (AvgIpc) is 2.26. The second-order valence-electron chi connectivity index (χ2n) is 3.84. The Morgan fingerprint density at radius 3 is 3.00 bits per heavy atom. The quantitative estimate of drug-likeness (QED) is 0.793. The molecule has 3 nitrogen and oxygen atoms in total. The summed E-state index contributed by atoms with van der Waals surface area (Å²) in [4.78, 5) is 4.18. The molecule has 90 valence electrons. The highest BCUT2D eigenvalue weighted by Gasteiger charge is 2.03. The van der Waals surface area contributed by atoms with E-state index < -0.39 is 0 Å². The van der Waals surface area contributed by atoms with Gasteiger partial charge < -0.3 is 10.4 Å². The molecule has 1 atom stereocenters. The van der Waals surface area contributed by atoms with E-state index >= 15 is 0 Å². The Bertz CT molecular complexity index is 336. The maximum atomic E-state index is 8.87. The third-order valence-electron chi connectivity index (χ3n) is 2.29. The predicted octanol–water partition coefficient (Wildman–Crippen LogP) is 3.32. The minimum atomic E-state index is 0.247. The van der Waals surface area contributed by atoms with Crippen LogP contribution in [-0.4, -0.2) is 23.2 Å². The Morgan fingerprint density at radius 2 is 2.38 bits per heavy atom. The van der Waals surface area contributed by atoms with Crippen molar-refractivity contribution in [3.63, 3.8) is 0 Å². The van der Waals surface area contributed by atoms with Gasteiger partial charge in [-0.15, -0.1) is 0 Å². The number of hydrogen-bond donors (Lipinski definition) is 2. The Morgan fingerprint density at radius 1 is 1.62 bits per heavy atom. The molecule has 1 rings (SSSR count). The van der Waals surface area contributed by atoms with E-state index in [1.54, 1.807) is 6.20 Å². The fraction of sp³-hybridized carbons (Fsp3) is 0.545. The van der Waals surface area contributed by atoms with Crippen LogP contribution in [0.2, 0.25) is 5.02 Å². The van der Waals surface area contributed by atoms with Crippen molar-refractivity contribution in [2.24, 2.45) is 5.92 Å². The van der Waals surface area contributed by atoms with Crippen molar-refractivity contribution in [1.29, 1.82) is 0 Å². The summed E-state index contributed by atoms with van der Waals surface area (Å²) in [6.07, 6.45) is 3.71. The third-order valence-corrected chi connectivity index (χ3v) is 3.01. The monoisotopic (exact) mass is 306 g/mol. The minimum Gasteiger partial charge on any atom is -0.396 e. The zero-order valence-electron chi connectivity index (χ0n) is 9.21. The van der Waals surface area contributed by atoms with Crippen molar-refractivity contribution in [2.75, 3.05) is 18.5 Å². The summed E-state index contributed by atoms with van der Waals surface area (Å²) in [7, 11) is 0. The lowest BCUT2D eigenvalue weighted by Crippen LogP contribution is -2.07. The SMILES string of the molecule is CC(CO)CCCNc1ncc(Br)cc1Cl. The molecule has 0 spiro atoms. The fourth-order valence-corrected chi connectivity index (χ4v) is 1.99. The summed E-state index contributed by atoms with van der Waals surface area (Å²) < 4.78 is 0.872. The first-order chi connectivity index (χ1) is 7.63. The van der Waals surface area contributed by atoms with Crippen LogP contribution in [0.3, 0.4) is 0 Å². The Hall–Kier alpha value is -0.320. The second kappa shape index (κ2) is 7.09. The molecule has 1 unspecified atom stereocenters. The molecule has 0 saturated heterocycles. The molecule has 16 heavy (non-hydrogen) atoms. The fourth-order valence-electron chi connectivity index (χ4n) is 1.29. The number of nitrogens with one attached hydrogen (secondary N) is 1. The average molecular weight is 308 g/mol. The maximum Gasteiger partial charge on any atom is 0.144 e. The van der Waals surface area contributed by atoms with Gasteiger partial charge in [0.05, 0.1) is 5.02 Å². The van der Waals surface area contributed by atoms with Crippen LogP contribution in [-0.2, 0) is 0 Å². The number of aromatic nitrogens is 1. The molecule has 0 saturated carbocycles. The van der Waals surface area contributed by atoms with Gasteiger partial charge in [-0.25, -0.2) is 4.98 Å². The number of halogens is 2. The van der Waals surface area contributed by atoms with Gasteiger partial charge in [0.1, 0.15) is 5.82 Å². The molecule has 0 aliphatic rings. The van der Waals surface area contributed by atoms with Crippen LogP contribution in [0.1, 0.15) is 19.8 Å². The lowest BCUT2D eigenvalue weighted by atomic mass is 10.1. The molecule has 0 fully saturated rings. The first kappa shape index (κ1) is 13.7.